The molecule has 1 saturated heterocycles. The van der Waals surface area contributed by atoms with Gasteiger partial charge in [-0.05, 0) is 26.0 Å². The van der Waals surface area contributed by atoms with Crippen LogP contribution in [0.15, 0.2) is 18.3 Å². The van der Waals surface area contributed by atoms with E-state index in [0.29, 0.717) is 11.7 Å². The highest BCUT2D eigenvalue weighted by atomic mass is 16.5. The average molecular weight is 221 g/mol. The van der Waals surface area contributed by atoms with Gasteiger partial charge in [0.15, 0.2) is 0 Å². The second-order valence-electron chi connectivity index (χ2n) is 4.22. The third-order valence-corrected chi connectivity index (χ3v) is 3.18. The van der Waals surface area contributed by atoms with E-state index in [-0.39, 0.29) is 6.04 Å². The van der Waals surface area contributed by atoms with E-state index in [9.17, 15) is 0 Å². The number of nitrogens with two attached hydrogens (primary N) is 1. The number of nitrogens with zero attached hydrogens (tertiary/aromatic N) is 1. The molecule has 1 aromatic rings. The van der Waals surface area contributed by atoms with Crippen molar-refractivity contribution in [2.45, 2.75) is 18.9 Å². The molecule has 4 heteroatoms. The summed E-state index contributed by atoms with van der Waals surface area (Å²) in [6.07, 6.45) is 4.03. The molecule has 2 unspecified atom stereocenters. The first-order valence-corrected chi connectivity index (χ1v) is 5.78. The molecule has 0 radical (unpaired) electrons. The summed E-state index contributed by atoms with van der Waals surface area (Å²) in [5, 5.41) is 3.33. The number of nitrogen functional groups attached to an aromatic ring is 1. The molecular formula is C12H19N3O. The monoisotopic (exact) mass is 221 g/mol. The zero-order chi connectivity index (χ0) is 11.4. The van der Waals surface area contributed by atoms with Gasteiger partial charge in [0.1, 0.15) is 5.82 Å². The fraction of sp³-hybridized carbons (Fsp3) is 0.583. The average Bonchev–Trinajstić information content (AvgIpc) is 2.34. The van der Waals surface area contributed by atoms with Gasteiger partial charge in [-0.1, -0.05) is 6.07 Å². The summed E-state index contributed by atoms with van der Waals surface area (Å²) in [5.41, 5.74) is 7.00. The predicted molar refractivity (Wildman–Crippen MR) is 64.0 cm³/mol. The van der Waals surface area contributed by atoms with Gasteiger partial charge in [0, 0.05) is 30.3 Å². The van der Waals surface area contributed by atoms with Crippen molar-refractivity contribution in [3.05, 3.63) is 23.9 Å². The third kappa shape index (κ3) is 2.33. The number of hydrogen-bond acceptors (Lipinski definition) is 4. The Labute approximate surface area is 96.2 Å². The minimum absolute atomic E-state index is 0.244. The van der Waals surface area contributed by atoms with Gasteiger partial charge in [0.2, 0.25) is 0 Å². The fourth-order valence-electron chi connectivity index (χ4n) is 2.37. The maximum atomic E-state index is 5.91. The van der Waals surface area contributed by atoms with Crippen LogP contribution in [0.1, 0.15) is 24.4 Å². The summed E-state index contributed by atoms with van der Waals surface area (Å²) in [4.78, 5) is 4.14. The first kappa shape index (κ1) is 11.4. The number of nitrogens with one attached hydrogen (secondary N) is 1. The van der Waals surface area contributed by atoms with Crippen molar-refractivity contribution in [1.29, 1.82) is 0 Å². The largest absolute Gasteiger partial charge is 0.383 e. The number of anilines is 1. The maximum Gasteiger partial charge on any atom is 0.128 e. The lowest BCUT2D eigenvalue weighted by Crippen LogP contribution is -2.32. The topological polar surface area (TPSA) is 60.2 Å². The number of hydrogen-bond donors (Lipinski definition) is 2. The van der Waals surface area contributed by atoms with E-state index in [2.05, 4.69) is 10.3 Å². The Balaban J connectivity index is 2.18. The van der Waals surface area contributed by atoms with Crippen molar-refractivity contribution < 1.29 is 4.74 Å². The van der Waals surface area contributed by atoms with Crippen molar-refractivity contribution in [3.8, 4) is 0 Å². The van der Waals surface area contributed by atoms with Crippen LogP contribution in [0.3, 0.4) is 0 Å². The standard InChI is InChI=1S/C12H19N3O/c1-14-11(9-4-3-7-16-8-9)10-5-2-6-15-12(10)13/h2,5-6,9,11,14H,3-4,7-8H2,1H3,(H2,13,15). The van der Waals surface area contributed by atoms with Crippen LogP contribution >= 0.6 is 0 Å². The summed E-state index contributed by atoms with van der Waals surface area (Å²) in [6.45, 7) is 1.69. The molecule has 3 N–H and O–H groups in total. The van der Waals surface area contributed by atoms with Crippen molar-refractivity contribution >= 4 is 5.82 Å². The van der Waals surface area contributed by atoms with Crippen LogP contribution in [0.2, 0.25) is 0 Å². The van der Waals surface area contributed by atoms with Crippen molar-refractivity contribution in [3.63, 3.8) is 0 Å². The smallest absolute Gasteiger partial charge is 0.128 e. The zero-order valence-corrected chi connectivity index (χ0v) is 9.65. The van der Waals surface area contributed by atoms with E-state index >= 15 is 0 Å². The van der Waals surface area contributed by atoms with Gasteiger partial charge in [-0.2, -0.15) is 0 Å². The Morgan fingerprint density at radius 2 is 2.50 bits per heavy atom. The van der Waals surface area contributed by atoms with Gasteiger partial charge >= 0.3 is 0 Å². The van der Waals surface area contributed by atoms with Crippen molar-refractivity contribution in [1.82, 2.24) is 10.3 Å². The van der Waals surface area contributed by atoms with Gasteiger partial charge in [-0.15, -0.1) is 0 Å². The molecule has 4 nitrogen and oxygen atoms in total. The van der Waals surface area contributed by atoms with Crippen molar-refractivity contribution in [2.24, 2.45) is 5.92 Å². The van der Waals surface area contributed by atoms with Crippen LogP contribution in [0.4, 0.5) is 5.82 Å². The molecule has 0 bridgehead atoms. The minimum atomic E-state index is 0.244. The summed E-state index contributed by atoms with van der Waals surface area (Å²) in [6, 6.07) is 4.21. The molecule has 2 heterocycles. The van der Waals surface area contributed by atoms with Gasteiger partial charge < -0.3 is 15.8 Å². The normalized spacial score (nSPS) is 22.9. The second-order valence-corrected chi connectivity index (χ2v) is 4.22. The lowest BCUT2D eigenvalue weighted by molar-refractivity contribution is 0.0402. The number of ether oxygens (including phenoxy) is 1. The SMILES string of the molecule is CNC(c1cccnc1N)C1CCCOC1. The van der Waals surface area contributed by atoms with E-state index in [0.717, 1.165) is 25.2 Å². The summed E-state index contributed by atoms with van der Waals surface area (Å²) in [5.74, 6) is 1.11. The van der Waals surface area contributed by atoms with E-state index in [1.165, 1.54) is 6.42 Å². The molecule has 1 fully saturated rings. The second kappa shape index (κ2) is 5.27. The summed E-state index contributed by atoms with van der Waals surface area (Å²) >= 11 is 0. The highest BCUT2D eigenvalue weighted by Gasteiger charge is 2.25. The van der Waals surface area contributed by atoms with Gasteiger partial charge in [0.25, 0.3) is 0 Å². The van der Waals surface area contributed by atoms with Crippen LogP contribution in [-0.2, 0) is 4.74 Å². The molecule has 1 aliphatic heterocycles. The van der Waals surface area contributed by atoms with Crippen LogP contribution in [-0.4, -0.2) is 25.2 Å². The molecule has 0 spiro atoms. The lowest BCUT2D eigenvalue weighted by atomic mass is 9.89. The molecule has 1 aliphatic rings. The van der Waals surface area contributed by atoms with E-state index in [4.69, 9.17) is 10.5 Å². The Morgan fingerprint density at radius 1 is 1.62 bits per heavy atom. The summed E-state index contributed by atoms with van der Waals surface area (Å²) < 4.78 is 5.53. The molecule has 2 rings (SSSR count). The van der Waals surface area contributed by atoms with Crippen molar-refractivity contribution in [2.75, 3.05) is 26.0 Å². The number of aromatic nitrogens is 1. The highest BCUT2D eigenvalue weighted by molar-refractivity contribution is 5.41. The third-order valence-electron chi connectivity index (χ3n) is 3.18. The number of pyridine rings is 1. The zero-order valence-electron chi connectivity index (χ0n) is 9.65. The van der Waals surface area contributed by atoms with Crippen LogP contribution in [0.5, 0.6) is 0 Å². The Hall–Kier alpha value is -1.13. The fourth-order valence-corrected chi connectivity index (χ4v) is 2.37. The first-order valence-electron chi connectivity index (χ1n) is 5.78. The lowest BCUT2D eigenvalue weighted by Gasteiger charge is -2.30. The summed E-state index contributed by atoms with van der Waals surface area (Å²) in [7, 11) is 1.96. The molecular weight excluding hydrogens is 202 g/mol. The maximum absolute atomic E-state index is 5.91. The van der Waals surface area contributed by atoms with Crippen LogP contribution < -0.4 is 11.1 Å². The Morgan fingerprint density at radius 3 is 3.12 bits per heavy atom. The molecule has 0 saturated carbocycles. The molecule has 0 amide bonds. The quantitative estimate of drug-likeness (QED) is 0.809. The molecule has 1 aromatic heterocycles. The van der Waals surface area contributed by atoms with E-state index in [1.807, 2.05) is 19.2 Å². The van der Waals surface area contributed by atoms with Crippen LogP contribution in [0.25, 0.3) is 0 Å². The highest BCUT2D eigenvalue weighted by Crippen LogP contribution is 2.30. The first-order chi connectivity index (χ1) is 7.83. The molecule has 16 heavy (non-hydrogen) atoms. The molecule has 0 aliphatic carbocycles. The number of rotatable bonds is 3. The Kier molecular flexibility index (Phi) is 3.74. The van der Waals surface area contributed by atoms with E-state index in [1.54, 1.807) is 6.20 Å². The molecule has 0 aromatic carbocycles. The van der Waals surface area contributed by atoms with Crippen LogP contribution in [0, 0.1) is 5.92 Å². The molecule has 2 atom stereocenters. The minimum Gasteiger partial charge on any atom is -0.383 e. The van der Waals surface area contributed by atoms with Gasteiger partial charge in [0.05, 0.1) is 6.61 Å². The van der Waals surface area contributed by atoms with E-state index < -0.39 is 0 Å². The van der Waals surface area contributed by atoms with Gasteiger partial charge in [-0.3, -0.25) is 0 Å². The predicted octanol–water partition coefficient (Wildman–Crippen LogP) is 1.35. The van der Waals surface area contributed by atoms with Gasteiger partial charge in [-0.25, -0.2) is 4.98 Å². The molecule has 88 valence electrons. The Bertz CT molecular complexity index is 337.